The van der Waals surface area contributed by atoms with E-state index in [0.717, 1.165) is 11.1 Å². The number of carbonyl (C=O) groups excluding carboxylic acids is 2. The second kappa shape index (κ2) is 9.22. The predicted octanol–water partition coefficient (Wildman–Crippen LogP) is 4.01. The minimum Gasteiger partial charge on any atom is -0.489 e. The van der Waals surface area contributed by atoms with Gasteiger partial charge in [-0.2, -0.15) is 0 Å². The van der Waals surface area contributed by atoms with Gasteiger partial charge in [0.05, 0.1) is 0 Å². The van der Waals surface area contributed by atoms with Crippen molar-refractivity contribution in [1.29, 1.82) is 0 Å². The van der Waals surface area contributed by atoms with E-state index in [0.29, 0.717) is 23.5 Å². The molecule has 2 N–H and O–H groups in total. The van der Waals surface area contributed by atoms with Crippen LogP contribution in [0.1, 0.15) is 33.1 Å². The zero-order chi connectivity index (χ0) is 21.7. The summed E-state index contributed by atoms with van der Waals surface area (Å²) in [6.45, 7) is 2.37. The molecule has 0 aromatic heterocycles. The SMILES string of the molecule is Cc1cccc(COc2cccc(C(=O)N(C)C(C(N)=O)c3cccc(F)c3)c2)c1. The second-order valence-corrected chi connectivity index (χ2v) is 7.08. The Labute approximate surface area is 174 Å². The maximum absolute atomic E-state index is 13.6. The summed E-state index contributed by atoms with van der Waals surface area (Å²) in [6.07, 6.45) is 0. The van der Waals surface area contributed by atoms with Crippen molar-refractivity contribution in [2.24, 2.45) is 5.73 Å². The van der Waals surface area contributed by atoms with Crippen LogP contribution in [0.5, 0.6) is 5.75 Å². The molecule has 1 unspecified atom stereocenters. The zero-order valence-corrected chi connectivity index (χ0v) is 16.8. The standard InChI is InChI=1S/C24H23FN2O3/c1-16-6-3-7-17(12-16)15-30-21-11-5-9-19(14-21)24(29)27(2)22(23(26)28)18-8-4-10-20(25)13-18/h3-14,22H,15H2,1-2H3,(H2,26,28). The summed E-state index contributed by atoms with van der Waals surface area (Å²) in [6, 6.07) is 19.0. The Morgan fingerprint density at radius 1 is 1.03 bits per heavy atom. The molecule has 0 radical (unpaired) electrons. The van der Waals surface area contributed by atoms with Gasteiger partial charge in [0.15, 0.2) is 0 Å². The molecular formula is C24H23FN2O3. The number of ether oxygens (including phenoxy) is 1. The van der Waals surface area contributed by atoms with Crippen LogP contribution in [-0.4, -0.2) is 23.8 Å². The number of nitrogens with two attached hydrogens (primary N) is 1. The van der Waals surface area contributed by atoms with Crippen LogP contribution in [0.2, 0.25) is 0 Å². The van der Waals surface area contributed by atoms with Crippen molar-refractivity contribution in [3.05, 3.63) is 101 Å². The molecular weight excluding hydrogens is 383 g/mol. The van der Waals surface area contributed by atoms with Crippen molar-refractivity contribution in [3.63, 3.8) is 0 Å². The Morgan fingerprint density at radius 2 is 1.77 bits per heavy atom. The number of primary amides is 1. The third-order valence-corrected chi connectivity index (χ3v) is 4.71. The lowest BCUT2D eigenvalue weighted by molar-refractivity contribution is -0.122. The first-order valence-electron chi connectivity index (χ1n) is 9.45. The van der Waals surface area contributed by atoms with Crippen LogP contribution >= 0.6 is 0 Å². The van der Waals surface area contributed by atoms with Crippen molar-refractivity contribution >= 4 is 11.8 Å². The van der Waals surface area contributed by atoms with Crippen molar-refractivity contribution in [2.45, 2.75) is 19.6 Å². The topological polar surface area (TPSA) is 72.6 Å². The molecule has 3 rings (SSSR count). The Morgan fingerprint density at radius 3 is 2.47 bits per heavy atom. The van der Waals surface area contributed by atoms with E-state index in [-0.39, 0.29) is 0 Å². The molecule has 30 heavy (non-hydrogen) atoms. The summed E-state index contributed by atoms with van der Waals surface area (Å²) in [5.74, 6) is -1.16. The number of rotatable bonds is 7. The van der Waals surface area contributed by atoms with Gasteiger partial charge in [-0.25, -0.2) is 4.39 Å². The highest BCUT2D eigenvalue weighted by Crippen LogP contribution is 2.24. The molecule has 0 heterocycles. The van der Waals surface area contributed by atoms with Crippen molar-refractivity contribution in [3.8, 4) is 5.75 Å². The molecule has 0 spiro atoms. The van der Waals surface area contributed by atoms with E-state index in [4.69, 9.17) is 10.5 Å². The molecule has 6 heteroatoms. The van der Waals surface area contributed by atoms with Crippen molar-refractivity contribution in [1.82, 2.24) is 4.90 Å². The summed E-state index contributed by atoms with van der Waals surface area (Å²) in [4.78, 5) is 26.2. The molecule has 0 saturated carbocycles. The summed E-state index contributed by atoms with van der Waals surface area (Å²) in [5, 5.41) is 0. The molecule has 0 bridgehead atoms. The van der Waals surface area contributed by atoms with E-state index in [1.807, 2.05) is 31.2 Å². The first kappa shape index (κ1) is 21.0. The Hall–Kier alpha value is -3.67. The minimum absolute atomic E-state index is 0.310. The van der Waals surface area contributed by atoms with Gasteiger partial charge in [-0.3, -0.25) is 9.59 Å². The predicted molar refractivity (Wildman–Crippen MR) is 112 cm³/mol. The number of likely N-dealkylation sites (N-methyl/N-ethyl adjacent to an activating group) is 1. The number of nitrogens with zero attached hydrogens (tertiary/aromatic N) is 1. The van der Waals surface area contributed by atoms with Crippen LogP contribution in [0.4, 0.5) is 4.39 Å². The highest BCUT2D eigenvalue weighted by molar-refractivity contribution is 5.97. The second-order valence-electron chi connectivity index (χ2n) is 7.08. The summed E-state index contributed by atoms with van der Waals surface area (Å²) < 4.78 is 19.4. The molecule has 154 valence electrons. The van der Waals surface area contributed by atoms with Gasteiger partial charge in [-0.15, -0.1) is 0 Å². The fourth-order valence-electron chi connectivity index (χ4n) is 3.26. The number of hydrogen-bond donors (Lipinski definition) is 1. The quantitative estimate of drug-likeness (QED) is 0.644. The number of hydrogen-bond acceptors (Lipinski definition) is 3. The highest BCUT2D eigenvalue weighted by Gasteiger charge is 2.28. The lowest BCUT2D eigenvalue weighted by Gasteiger charge is -2.26. The number of amides is 2. The van der Waals surface area contributed by atoms with E-state index in [1.54, 1.807) is 30.3 Å². The van der Waals surface area contributed by atoms with Crippen molar-refractivity contribution in [2.75, 3.05) is 7.05 Å². The van der Waals surface area contributed by atoms with Crippen molar-refractivity contribution < 1.29 is 18.7 Å². The maximum Gasteiger partial charge on any atom is 0.254 e. The van der Waals surface area contributed by atoms with Crippen LogP contribution in [0.15, 0.2) is 72.8 Å². The highest BCUT2D eigenvalue weighted by atomic mass is 19.1. The Balaban J connectivity index is 1.78. The average Bonchev–Trinajstić information content (AvgIpc) is 2.72. The van der Waals surface area contributed by atoms with E-state index >= 15 is 0 Å². The van der Waals surface area contributed by atoms with Gasteiger partial charge in [0.25, 0.3) is 5.91 Å². The number of aryl methyl sites for hydroxylation is 1. The van der Waals surface area contributed by atoms with Crippen LogP contribution in [0, 0.1) is 12.7 Å². The molecule has 0 aliphatic rings. The minimum atomic E-state index is -1.09. The van der Waals surface area contributed by atoms with Crippen LogP contribution in [-0.2, 0) is 11.4 Å². The molecule has 3 aromatic rings. The first-order valence-corrected chi connectivity index (χ1v) is 9.45. The summed E-state index contributed by atoms with van der Waals surface area (Å²) in [5.41, 5.74) is 8.31. The zero-order valence-electron chi connectivity index (χ0n) is 16.8. The fourth-order valence-corrected chi connectivity index (χ4v) is 3.26. The fraction of sp³-hybridized carbons (Fsp3) is 0.167. The molecule has 1 atom stereocenters. The first-order chi connectivity index (χ1) is 14.3. The lowest BCUT2D eigenvalue weighted by Crippen LogP contribution is -2.39. The van der Waals surface area contributed by atoms with Crippen LogP contribution < -0.4 is 10.5 Å². The molecule has 0 fully saturated rings. The third-order valence-electron chi connectivity index (χ3n) is 4.71. The maximum atomic E-state index is 13.6. The van der Waals surface area contributed by atoms with Gasteiger partial charge in [0, 0.05) is 12.6 Å². The van der Waals surface area contributed by atoms with Crippen LogP contribution in [0.3, 0.4) is 0 Å². The van der Waals surface area contributed by atoms with E-state index in [1.165, 1.54) is 30.1 Å². The normalized spacial score (nSPS) is 11.6. The largest absolute Gasteiger partial charge is 0.489 e. The smallest absolute Gasteiger partial charge is 0.254 e. The number of benzene rings is 3. The molecule has 0 saturated heterocycles. The monoisotopic (exact) mass is 406 g/mol. The summed E-state index contributed by atoms with van der Waals surface area (Å²) in [7, 11) is 1.46. The molecule has 2 amide bonds. The molecule has 3 aromatic carbocycles. The Bertz CT molecular complexity index is 1070. The number of halogens is 1. The average molecular weight is 406 g/mol. The third kappa shape index (κ3) is 5.03. The Kier molecular flexibility index (Phi) is 6.47. The van der Waals surface area contributed by atoms with E-state index < -0.39 is 23.7 Å². The molecule has 5 nitrogen and oxygen atoms in total. The molecule has 0 aliphatic heterocycles. The van der Waals surface area contributed by atoms with Gasteiger partial charge >= 0.3 is 0 Å². The van der Waals surface area contributed by atoms with E-state index in [2.05, 4.69) is 0 Å². The van der Waals surface area contributed by atoms with Gasteiger partial charge in [0.2, 0.25) is 5.91 Å². The lowest BCUT2D eigenvalue weighted by atomic mass is 10.0. The van der Waals surface area contributed by atoms with E-state index in [9.17, 15) is 14.0 Å². The van der Waals surface area contributed by atoms with Gasteiger partial charge in [-0.1, -0.05) is 48.0 Å². The van der Waals surface area contributed by atoms with Crippen LogP contribution in [0.25, 0.3) is 0 Å². The van der Waals surface area contributed by atoms with Gasteiger partial charge in [-0.05, 0) is 48.4 Å². The number of carbonyl (C=O) groups is 2. The van der Waals surface area contributed by atoms with Gasteiger partial charge < -0.3 is 15.4 Å². The molecule has 0 aliphatic carbocycles. The summed E-state index contributed by atoms with van der Waals surface area (Å²) >= 11 is 0. The van der Waals surface area contributed by atoms with Gasteiger partial charge in [0.1, 0.15) is 24.2 Å².